The predicted octanol–water partition coefficient (Wildman–Crippen LogP) is 5.90. The third kappa shape index (κ3) is 8.86. The molecule has 0 atom stereocenters. The molecule has 0 saturated heterocycles. The lowest BCUT2D eigenvalue weighted by Gasteiger charge is -2.13. The van der Waals surface area contributed by atoms with Crippen molar-refractivity contribution in [2.45, 2.75) is 13.8 Å². The Balaban J connectivity index is 1.53. The van der Waals surface area contributed by atoms with E-state index < -0.39 is 5.91 Å². The number of nitrogens with zero attached hydrogens (tertiary/aromatic N) is 1. The molecule has 3 aromatic carbocycles. The van der Waals surface area contributed by atoms with E-state index in [9.17, 15) is 9.59 Å². The van der Waals surface area contributed by atoms with E-state index in [4.69, 9.17) is 49.0 Å². The zero-order valence-electron chi connectivity index (χ0n) is 20.0. The Morgan fingerprint density at radius 3 is 2.30 bits per heavy atom. The fraction of sp³-hybridized carbons (Fsp3) is 0.192. The van der Waals surface area contributed by atoms with Crippen LogP contribution in [0.1, 0.15) is 18.1 Å². The smallest absolute Gasteiger partial charge is 0.277 e. The Morgan fingerprint density at radius 1 is 0.865 bits per heavy atom. The minimum absolute atomic E-state index is 0.153. The number of aryl methyl sites for hydroxylation is 1. The molecule has 0 unspecified atom stereocenters. The van der Waals surface area contributed by atoms with Gasteiger partial charge in [0.2, 0.25) is 0 Å². The summed E-state index contributed by atoms with van der Waals surface area (Å²) in [6.45, 7) is 3.63. The van der Waals surface area contributed by atoms with Crippen molar-refractivity contribution < 1.29 is 23.8 Å². The number of carbonyl (C=O) groups is 2. The van der Waals surface area contributed by atoms with Crippen LogP contribution in [0.25, 0.3) is 0 Å². The topological polar surface area (TPSA) is 98.2 Å². The molecule has 0 spiro atoms. The van der Waals surface area contributed by atoms with E-state index in [-0.39, 0.29) is 34.9 Å². The molecular formula is C26H24Cl3N3O5. The molecule has 0 aromatic heterocycles. The van der Waals surface area contributed by atoms with Crippen molar-refractivity contribution in [2.24, 2.45) is 5.10 Å². The first-order valence-electron chi connectivity index (χ1n) is 11.1. The summed E-state index contributed by atoms with van der Waals surface area (Å²) in [6.07, 6.45) is 1.43. The minimum Gasteiger partial charge on any atom is -0.490 e. The van der Waals surface area contributed by atoms with E-state index in [1.807, 2.05) is 38.1 Å². The van der Waals surface area contributed by atoms with Gasteiger partial charge in [0.1, 0.15) is 10.8 Å². The first-order valence-corrected chi connectivity index (χ1v) is 12.2. The van der Waals surface area contributed by atoms with Crippen LogP contribution in [-0.4, -0.2) is 37.8 Å². The van der Waals surface area contributed by atoms with Crippen molar-refractivity contribution in [3.63, 3.8) is 0 Å². The monoisotopic (exact) mass is 563 g/mol. The van der Waals surface area contributed by atoms with Gasteiger partial charge in [0.25, 0.3) is 11.8 Å². The van der Waals surface area contributed by atoms with Crippen LogP contribution in [0.15, 0.2) is 59.7 Å². The molecule has 0 saturated carbocycles. The van der Waals surface area contributed by atoms with Gasteiger partial charge in [-0.1, -0.05) is 52.5 Å². The summed E-state index contributed by atoms with van der Waals surface area (Å²) in [5, 5.41) is 7.39. The lowest BCUT2D eigenvalue weighted by Crippen LogP contribution is -2.24. The van der Waals surface area contributed by atoms with E-state index >= 15 is 0 Å². The van der Waals surface area contributed by atoms with Crippen molar-refractivity contribution in [1.82, 2.24) is 5.43 Å². The molecule has 3 rings (SSSR count). The second-order valence-corrected chi connectivity index (χ2v) is 8.85. The molecule has 194 valence electrons. The van der Waals surface area contributed by atoms with Gasteiger partial charge in [-0.25, -0.2) is 5.43 Å². The fourth-order valence-electron chi connectivity index (χ4n) is 2.96. The van der Waals surface area contributed by atoms with Crippen LogP contribution in [0.5, 0.6) is 17.2 Å². The number of hydrogen-bond acceptors (Lipinski definition) is 6. The summed E-state index contributed by atoms with van der Waals surface area (Å²) < 4.78 is 16.6. The molecule has 0 aliphatic heterocycles. The van der Waals surface area contributed by atoms with Gasteiger partial charge in [-0.15, -0.1) is 0 Å². The Bertz CT molecular complexity index is 1280. The number of nitrogens with one attached hydrogen (secondary N) is 2. The highest BCUT2D eigenvalue weighted by molar-refractivity contribution is 6.44. The Labute approximate surface area is 229 Å². The molecule has 3 aromatic rings. The first kappa shape index (κ1) is 28.1. The normalized spacial score (nSPS) is 10.7. The van der Waals surface area contributed by atoms with Crippen molar-refractivity contribution in [1.29, 1.82) is 0 Å². The third-order valence-electron chi connectivity index (χ3n) is 4.68. The maximum atomic E-state index is 12.2. The molecule has 11 heteroatoms. The van der Waals surface area contributed by atoms with Crippen LogP contribution in [0.4, 0.5) is 5.69 Å². The number of anilines is 1. The average Bonchev–Trinajstić information content (AvgIpc) is 2.86. The maximum Gasteiger partial charge on any atom is 0.277 e. The van der Waals surface area contributed by atoms with Gasteiger partial charge in [-0.2, -0.15) is 5.10 Å². The second kappa shape index (κ2) is 13.7. The van der Waals surface area contributed by atoms with E-state index in [0.717, 1.165) is 5.56 Å². The number of hydrazone groups is 1. The molecule has 2 N–H and O–H groups in total. The Kier molecular flexibility index (Phi) is 10.4. The number of carbonyl (C=O) groups excluding carboxylic acids is 2. The highest BCUT2D eigenvalue weighted by Gasteiger charge is 2.11. The molecule has 2 amide bonds. The van der Waals surface area contributed by atoms with E-state index in [1.165, 1.54) is 18.3 Å². The molecular weight excluding hydrogens is 541 g/mol. The van der Waals surface area contributed by atoms with Gasteiger partial charge >= 0.3 is 0 Å². The lowest BCUT2D eigenvalue weighted by molar-refractivity contribution is -0.123. The zero-order valence-corrected chi connectivity index (χ0v) is 22.3. The van der Waals surface area contributed by atoms with E-state index in [1.54, 1.807) is 18.2 Å². The van der Waals surface area contributed by atoms with Gasteiger partial charge < -0.3 is 19.5 Å². The van der Waals surface area contributed by atoms with Gasteiger partial charge in [0, 0.05) is 16.8 Å². The zero-order chi connectivity index (χ0) is 26.8. The summed E-state index contributed by atoms with van der Waals surface area (Å²) >= 11 is 17.9. The molecule has 0 fully saturated rings. The molecule has 0 aliphatic carbocycles. The summed E-state index contributed by atoms with van der Waals surface area (Å²) in [5.41, 5.74) is 4.76. The second-order valence-electron chi connectivity index (χ2n) is 7.62. The first-order chi connectivity index (χ1) is 17.7. The Morgan fingerprint density at radius 2 is 1.57 bits per heavy atom. The SMILES string of the molecule is CCOc1cc(/C=N\NC(=O)COc2cc(Cl)cc(Cl)c2Cl)ccc1OCC(=O)Nc1ccc(C)cc1. The lowest BCUT2D eigenvalue weighted by atomic mass is 10.2. The van der Waals surface area contributed by atoms with Crippen molar-refractivity contribution in [3.05, 3.63) is 80.8 Å². The van der Waals surface area contributed by atoms with Crippen LogP contribution in [0.3, 0.4) is 0 Å². The number of ether oxygens (including phenoxy) is 3. The molecule has 0 heterocycles. The summed E-state index contributed by atoms with van der Waals surface area (Å²) in [5.74, 6) is 0.184. The van der Waals surface area contributed by atoms with Crippen molar-refractivity contribution in [3.8, 4) is 17.2 Å². The predicted molar refractivity (Wildman–Crippen MR) is 146 cm³/mol. The number of benzene rings is 3. The fourth-order valence-corrected chi connectivity index (χ4v) is 3.60. The number of hydrogen-bond donors (Lipinski definition) is 2. The van der Waals surface area contributed by atoms with Crippen LogP contribution < -0.4 is 25.0 Å². The Hall–Kier alpha value is -3.46. The summed E-state index contributed by atoms with van der Waals surface area (Å²) in [7, 11) is 0. The average molecular weight is 565 g/mol. The highest BCUT2D eigenvalue weighted by Crippen LogP contribution is 2.35. The summed E-state index contributed by atoms with van der Waals surface area (Å²) in [4.78, 5) is 24.3. The quantitative estimate of drug-likeness (QED) is 0.172. The summed E-state index contributed by atoms with van der Waals surface area (Å²) in [6, 6.07) is 15.4. The molecule has 8 nitrogen and oxygen atoms in total. The van der Waals surface area contributed by atoms with Gasteiger partial charge in [-0.05, 0) is 55.8 Å². The van der Waals surface area contributed by atoms with Gasteiger partial charge in [0.05, 0.1) is 17.8 Å². The van der Waals surface area contributed by atoms with Crippen molar-refractivity contribution in [2.75, 3.05) is 25.1 Å². The third-order valence-corrected chi connectivity index (χ3v) is 5.69. The molecule has 0 bridgehead atoms. The van der Waals surface area contributed by atoms with Gasteiger partial charge in [-0.3, -0.25) is 9.59 Å². The standard InChI is InChI=1S/C26H24Cl3N3O5/c1-3-35-22-10-17(6-9-21(22)36-14-24(33)31-19-7-4-16(2)5-8-19)13-30-32-25(34)15-37-23-12-18(27)11-20(28)26(23)29/h4-13H,3,14-15H2,1-2H3,(H,31,33)(H,32,34)/b30-13-. The van der Waals surface area contributed by atoms with Crippen LogP contribution >= 0.6 is 34.8 Å². The highest BCUT2D eigenvalue weighted by atomic mass is 35.5. The van der Waals surface area contributed by atoms with Crippen LogP contribution in [0, 0.1) is 6.92 Å². The van der Waals surface area contributed by atoms with Crippen molar-refractivity contribution >= 4 is 58.5 Å². The van der Waals surface area contributed by atoms with Gasteiger partial charge in [0.15, 0.2) is 24.7 Å². The molecule has 0 aliphatic rings. The molecule has 0 radical (unpaired) electrons. The number of amides is 2. The maximum absolute atomic E-state index is 12.2. The van der Waals surface area contributed by atoms with Crippen LogP contribution in [0.2, 0.25) is 15.1 Å². The van der Waals surface area contributed by atoms with E-state index in [0.29, 0.717) is 34.4 Å². The largest absolute Gasteiger partial charge is 0.490 e. The number of rotatable bonds is 11. The van der Waals surface area contributed by atoms with E-state index in [2.05, 4.69) is 15.8 Å². The molecule has 37 heavy (non-hydrogen) atoms. The van der Waals surface area contributed by atoms with Crippen LogP contribution in [-0.2, 0) is 9.59 Å². The minimum atomic E-state index is -0.520. The number of halogens is 3.